The van der Waals surface area contributed by atoms with E-state index in [-0.39, 0.29) is 11.0 Å². The molecule has 0 saturated carbocycles. The third-order valence-electron chi connectivity index (χ3n) is 3.19. The fraction of sp³-hybridized carbons (Fsp3) is 0.400. The van der Waals surface area contributed by atoms with Crippen molar-refractivity contribution in [3.8, 4) is 5.69 Å². The zero-order valence-electron chi connectivity index (χ0n) is 12.0. The van der Waals surface area contributed by atoms with Gasteiger partial charge in [0, 0.05) is 12.0 Å². The molecule has 1 aromatic heterocycles. The van der Waals surface area contributed by atoms with Gasteiger partial charge >= 0.3 is 0 Å². The first-order valence-corrected chi connectivity index (χ1v) is 6.55. The summed E-state index contributed by atoms with van der Waals surface area (Å²) < 4.78 is 3.63. The third kappa shape index (κ3) is 2.18. The summed E-state index contributed by atoms with van der Waals surface area (Å²) in [5, 5.41) is 0. The van der Waals surface area contributed by atoms with E-state index in [9.17, 15) is 4.79 Å². The van der Waals surface area contributed by atoms with E-state index in [4.69, 9.17) is 5.73 Å². The molecule has 2 rings (SSSR count). The average Bonchev–Trinajstić information content (AvgIpc) is 2.62. The molecule has 102 valence electrons. The molecule has 2 aromatic rings. The molecule has 0 saturated heterocycles. The minimum absolute atomic E-state index is 0.141. The molecule has 0 bridgehead atoms. The van der Waals surface area contributed by atoms with Gasteiger partial charge in [0.1, 0.15) is 5.69 Å². The number of nitrogens with two attached hydrogens (primary N) is 1. The summed E-state index contributed by atoms with van der Waals surface area (Å²) in [6.07, 6.45) is 0. The Morgan fingerprint density at radius 2 is 1.74 bits per heavy atom. The van der Waals surface area contributed by atoms with E-state index in [0.29, 0.717) is 12.2 Å². The van der Waals surface area contributed by atoms with Crippen molar-refractivity contribution in [1.82, 2.24) is 9.36 Å². The highest BCUT2D eigenvalue weighted by Gasteiger charge is 2.27. The zero-order chi connectivity index (χ0) is 14.2. The number of hydrogen-bond acceptors (Lipinski definition) is 2. The van der Waals surface area contributed by atoms with Crippen LogP contribution in [0.5, 0.6) is 0 Å². The lowest BCUT2D eigenvalue weighted by molar-refractivity contribution is 0.470. The topological polar surface area (TPSA) is 52.9 Å². The van der Waals surface area contributed by atoms with Crippen LogP contribution in [-0.4, -0.2) is 9.36 Å². The van der Waals surface area contributed by atoms with Crippen molar-refractivity contribution < 1.29 is 0 Å². The van der Waals surface area contributed by atoms with Crippen LogP contribution in [0.25, 0.3) is 5.69 Å². The maximum atomic E-state index is 12.4. The Morgan fingerprint density at radius 3 is 2.21 bits per heavy atom. The van der Waals surface area contributed by atoms with Crippen molar-refractivity contribution in [3.63, 3.8) is 0 Å². The van der Waals surface area contributed by atoms with Crippen LogP contribution in [-0.2, 0) is 12.0 Å². The summed E-state index contributed by atoms with van der Waals surface area (Å²) >= 11 is 0. The number of para-hydroxylation sites is 1. The number of anilines is 1. The first-order chi connectivity index (χ1) is 8.88. The van der Waals surface area contributed by atoms with Gasteiger partial charge in [0.05, 0.1) is 11.4 Å². The molecule has 2 N–H and O–H groups in total. The lowest BCUT2D eigenvalue weighted by Crippen LogP contribution is -2.24. The van der Waals surface area contributed by atoms with Crippen LogP contribution >= 0.6 is 0 Å². The lowest BCUT2D eigenvalue weighted by Gasteiger charge is -2.22. The average molecular weight is 259 g/mol. The Bertz CT molecular complexity index is 630. The highest BCUT2D eigenvalue weighted by atomic mass is 16.1. The van der Waals surface area contributed by atoms with E-state index in [2.05, 4.69) is 20.8 Å². The van der Waals surface area contributed by atoms with Gasteiger partial charge in [-0.05, 0) is 19.1 Å². The molecule has 1 heterocycles. The SMILES string of the molecule is CCn1c(C(C)(C)C)c(N)c(=O)n1-c1ccccc1. The summed E-state index contributed by atoms with van der Waals surface area (Å²) in [6.45, 7) is 8.93. The van der Waals surface area contributed by atoms with Gasteiger partial charge in [-0.1, -0.05) is 39.0 Å². The Balaban J connectivity index is 2.81. The summed E-state index contributed by atoms with van der Waals surface area (Å²) in [5.74, 6) is 0. The summed E-state index contributed by atoms with van der Waals surface area (Å²) in [4.78, 5) is 12.4. The van der Waals surface area contributed by atoms with Crippen molar-refractivity contribution in [2.24, 2.45) is 0 Å². The van der Waals surface area contributed by atoms with Gasteiger partial charge in [-0.3, -0.25) is 9.48 Å². The van der Waals surface area contributed by atoms with Crippen LogP contribution in [0.2, 0.25) is 0 Å². The van der Waals surface area contributed by atoms with Gasteiger partial charge in [0.15, 0.2) is 0 Å². The van der Waals surface area contributed by atoms with Gasteiger partial charge in [-0.2, -0.15) is 0 Å². The first-order valence-electron chi connectivity index (χ1n) is 6.55. The second-order valence-electron chi connectivity index (χ2n) is 5.68. The molecular formula is C15H21N3O. The lowest BCUT2D eigenvalue weighted by atomic mass is 9.91. The molecule has 0 radical (unpaired) electrons. The summed E-state index contributed by atoms with van der Waals surface area (Å²) in [5.41, 5.74) is 7.82. The van der Waals surface area contributed by atoms with Crippen LogP contribution in [0.3, 0.4) is 0 Å². The molecule has 0 aliphatic carbocycles. The normalized spacial score (nSPS) is 11.8. The van der Waals surface area contributed by atoms with Crippen LogP contribution in [0, 0.1) is 0 Å². The Morgan fingerprint density at radius 1 is 1.16 bits per heavy atom. The molecule has 0 unspecified atom stereocenters. The van der Waals surface area contributed by atoms with E-state index < -0.39 is 0 Å². The summed E-state index contributed by atoms with van der Waals surface area (Å²) in [7, 11) is 0. The molecule has 1 aromatic carbocycles. The fourth-order valence-electron chi connectivity index (χ4n) is 2.48. The number of rotatable bonds is 2. The highest BCUT2D eigenvalue weighted by Crippen LogP contribution is 2.27. The van der Waals surface area contributed by atoms with Crippen molar-refractivity contribution >= 4 is 5.69 Å². The second-order valence-corrected chi connectivity index (χ2v) is 5.68. The number of aromatic nitrogens is 2. The van der Waals surface area contributed by atoms with E-state index in [1.807, 2.05) is 41.9 Å². The van der Waals surface area contributed by atoms with Gasteiger partial charge in [-0.15, -0.1) is 0 Å². The van der Waals surface area contributed by atoms with Crippen LogP contribution < -0.4 is 11.3 Å². The monoisotopic (exact) mass is 259 g/mol. The minimum atomic E-state index is -0.167. The molecule has 4 nitrogen and oxygen atoms in total. The van der Waals surface area contributed by atoms with E-state index in [1.165, 1.54) is 0 Å². The number of nitrogen functional groups attached to an aromatic ring is 1. The van der Waals surface area contributed by atoms with Crippen molar-refractivity contribution in [1.29, 1.82) is 0 Å². The van der Waals surface area contributed by atoms with Gasteiger partial charge < -0.3 is 5.73 Å². The van der Waals surface area contributed by atoms with Crippen LogP contribution in [0.1, 0.15) is 33.4 Å². The predicted octanol–water partition coefficient (Wildman–Crippen LogP) is 2.54. The molecular weight excluding hydrogens is 238 g/mol. The second kappa shape index (κ2) is 4.61. The smallest absolute Gasteiger partial charge is 0.294 e. The molecule has 4 heteroatoms. The van der Waals surface area contributed by atoms with Crippen molar-refractivity contribution in [2.45, 2.75) is 39.7 Å². The number of benzene rings is 1. The van der Waals surface area contributed by atoms with E-state index in [1.54, 1.807) is 4.68 Å². The first kappa shape index (κ1) is 13.5. The zero-order valence-corrected chi connectivity index (χ0v) is 12.0. The van der Waals surface area contributed by atoms with Crippen LogP contribution in [0.15, 0.2) is 35.1 Å². The third-order valence-corrected chi connectivity index (χ3v) is 3.19. The molecule has 0 fully saturated rings. The van der Waals surface area contributed by atoms with E-state index in [0.717, 1.165) is 11.4 Å². The number of hydrogen-bond donors (Lipinski definition) is 1. The molecule has 0 atom stereocenters. The van der Waals surface area contributed by atoms with E-state index >= 15 is 0 Å². The van der Waals surface area contributed by atoms with Gasteiger partial charge in [0.2, 0.25) is 0 Å². The largest absolute Gasteiger partial charge is 0.393 e. The van der Waals surface area contributed by atoms with Crippen molar-refractivity contribution in [3.05, 3.63) is 46.4 Å². The van der Waals surface area contributed by atoms with Crippen molar-refractivity contribution in [2.75, 3.05) is 5.73 Å². The molecule has 0 spiro atoms. The highest BCUT2D eigenvalue weighted by molar-refractivity contribution is 5.48. The van der Waals surface area contributed by atoms with Gasteiger partial charge in [-0.25, -0.2) is 4.68 Å². The minimum Gasteiger partial charge on any atom is -0.393 e. The Hall–Kier alpha value is -1.97. The molecule has 19 heavy (non-hydrogen) atoms. The fourth-order valence-corrected chi connectivity index (χ4v) is 2.48. The summed E-state index contributed by atoms with van der Waals surface area (Å²) in [6, 6.07) is 9.60. The van der Waals surface area contributed by atoms with Gasteiger partial charge in [0.25, 0.3) is 5.56 Å². The maximum Gasteiger partial charge on any atom is 0.294 e. The quantitative estimate of drug-likeness (QED) is 0.901. The predicted molar refractivity (Wildman–Crippen MR) is 78.8 cm³/mol. The Labute approximate surface area is 113 Å². The Kier molecular flexibility index (Phi) is 3.27. The maximum absolute atomic E-state index is 12.4. The van der Waals surface area contributed by atoms with Crippen LogP contribution in [0.4, 0.5) is 5.69 Å². The molecule has 0 amide bonds. The standard InChI is InChI=1S/C15H21N3O/c1-5-17-13(15(2,3)4)12(16)14(19)18(17)11-9-7-6-8-10-11/h6-10H,5,16H2,1-4H3. The number of nitrogens with zero attached hydrogens (tertiary/aromatic N) is 2. The molecule has 0 aliphatic rings. The molecule has 0 aliphatic heterocycles.